The number of aliphatic carboxylic acids is 1. The number of hydrogen-bond donors (Lipinski definition) is 1. The number of hydrogen-bond acceptors (Lipinski definition) is 2. The summed E-state index contributed by atoms with van der Waals surface area (Å²) < 4.78 is 27.8. The largest absolute Gasteiger partial charge is 0.497 e. The highest BCUT2D eigenvalue weighted by Gasteiger charge is 2.01. The number of carboxylic acid groups (broad SMARTS) is 1. The number of carboxylic acids is 1. The monoisotopic (exact) mass is 233 g/mol. The molecule has 0 aliphatic carbocycles. The molecule has 0 aliphatic rings. The van der Waals surface area contributed by atoms with Crippen molar-refractivity contribution in [1.29, 1.82) is 0 Å². The Kier molecular flexibility index (Phi) is 2.33. The van der Waals surface area contributed by atoms with Crippen LogP contribution in [-0.4, -0.2) is 18.2 Å². The average Bonchev–Trinajstić information content (AvgIpc) is 2.45. The topological polar surface area (TPSA) is 46.5 Å². The Morgan fingerprint density at radius 3 is 2.71 bits per heavy atom. The molecule has 0 bridgehead atoms. The van der Waals surface area contributed by atoms with Crippen LogP contribution in [0.1, 0.15) is 16.0 Å². The smallest absolute Gasteiger partial charge is 0.303 e. The number of ether oxygens (including phenoxy) is 1. The van der Waals surface area contributed by atoms with Crippen LogP contribution in [0.4, 0.5) is 0 Å². The molecule has 3 heteroatoms. The third-order valence-corrected chi connectivity index (χ3v) is 2.43. The van der Waals surface area contributed by atoms with Gasteiger partial charge in [-0.3, -0.25) is 4.79 Å². The third-order valence-electron chi connectivity index (χ3n) is 2.43. The summed E-state index contributed by atoms with van der Waals surface area (Å²) in [4.78, 5) is 10.9. The van der Waals surface area contributed by atoms with E-state index in [1.54, 1.807) is 37.4 Å². The van der Waals surface area contributed by atoms with Crippen LogP contribution in [0.15, 0.2) is 36.4 Å². The van der Waals surface area contributed by atoms with Gasteiger partial charge in [0.05, 0.1) is 7.11 Å². The number of fused-ring (bicyclic) bond motifs is 1. The number of carbonyl (C=O) groups is 1. The van der Waals surface area contributed by atoms with Crippen LogP contribution in [0.5, 0.6) is 5.75 Å². The Labute approximate surface area is 104 Å². The van der Waals surface area contributed by atoms with Crippen LogP contribution in [-0.2, 0) is 11.2 Å². The first kappa shape index (κ1) is 8.12. The molecule has 2 rings (SSSR count). The van der Waals surface area contributed by atoms with Gasteiger partial charge in [0.15, 0.2) is 0 Å². The Hall–Kier alpha value is -2.03. The molecule has 1 unspecified atom stereocenters. The van der Waals surface area contributed by atoms with Gasteiger partial charge < -0.3 is 9.84 Å². The molecule has 0 aliphatic heterocycles. The summed E-state index contributed by atoms with van der Waals surface area (Å²) in [5, 5.41) is 10.5. The second-order valence-corrected chi connectivity index (χ2v) is 3.57. The van der Waals surface area contributed by atoms with Crippen molar-refractivity contribution in [2.45, 2.75) is 12.8 Å². The van der Waals surface area contributed by atoms with Crippen LogP contribution in [0, 0.1) is 0 Å². The molecule has 0 saturated heterocycles. The van der Waals surface area contributed by atoms with Gasteiger partial charge in [0.2, 0.25) is 0 Å². The maximum atomic E-state index is 10.9. The molecular weight excluding hydrogens is 216 g/mol. The fourth-order valence-electron chi connectivity index (χ4n) is 1.60. The lowest BCUT2D eigenvalue weighted by atomic mass is 10.0. The Morgan fingerprint density at radius 2 is 2.00 bits per heavy atom. The first-order chi connectivity index (χ1) is 9.36. The van der Waals surface area contributed by atoms with Crippen molar-refractivity contribution >= 4 is 16.7 Å². The predicted molar refractivity (Wildman–Crippen MR) is 66.5 cm³/mol. The van der Waals surface area contributed by atoms with Gasteiger partial charge >= 0.3 is 5.97 Å². The SMILES string of the molecule is [2H]C(c1ccc2cc(OC)ccc2c1)C([2H])([2H])C(=O)O. The van der Waals surface area contributed by atoms with Gasteiger partial charge in [-0.15, -0.1) is 0 Å². The van der Waals surface area contributed by atoms with Crippen LogP contribution >= 0.6 is 0 Å². The molecule has 2 aromatic rings. The first-order valence-electron chi connectivity index (χ1n) is 6.67. The van der Waals surface area contributed by atoms with Crippen molar-refractivity contribution in [3.63, 3.8) is 0 Å². The van der Waals surface area contributed by atoms with E-state index in [4.69, 9.17) is 14.0 Å². The fourth-order valence-corrected chi connectivity index (χ4v) is 1.60. The van der Waals surface area contributed by atoms with Gasteiger partial charge in [0.1, 0.15) is 5.75 Å². The van der Waals surface area contributed by atoms with Crippen molar-refractivity contribution in [2.24, 2.45) is 0 Å². The van der Waals surface area contributed by atoms with E-state index in [2.05, 4.69) is 0 Å². The Morgan fingerprint density at radius 1 is 1.29 bits per heavy atom. The van der Waals surface area contributed by atoms with E-state index in [1.165, 1.54) is 0 Å². The summed E-state index contributed by atoms with van der Waals surface area (Å²) in [6.07, 6.45) is -4.10. The van der Waals surface area contributed by atoms with Gasteiger partial charge in [0, 0.05) is 10.5 Å². The zero-order chi connectivity index (χ0) is 14.9. The quantitative estimate of drug-likeness (QED) is 0.883. The standard InChI is InChI=1S/C14H14O3/c1-17-13-6-5-11-8-10(3-7-14(15)16)2-4-12(11)9-13/h2,4-6,8-9H,3,7H2,1H3,(H,15,16)/i3D,7D2. The van der Waals surface area contributed by atoms with E-state index in [9.17, 15) is 4.79 Å². The zero-order valence-electron chi connectivity index (χ0n) is 12.3. The molecule has 88 valence electrons. The van der Waals surface area contributed by atoms with Crippen molar-refractivity contribution < 1.29 is 18.8 Å². The lowest BCUT2D eigenvalue weighted by Crippen LogP contribution is -1.97. The van der Waals surface area contributed by atoms with Gasteiger partial charge in [-0.25, -0.2) is 0 Å². The highest BCUT2D eigenvalue weighted by molar-refractivity contribution is 5.84. The van der Waals surface area contributed by atoms with Crippen LogP contribution in [0.3, 0.4) is 0 Å². The molecule has 17 heavy (non-hydrogen) atoms. The Balaban J connectivity index is 2.44. The highest BCUT2D eigenvalue weighted by Crippen LogP contribution is 2.22. The van der Waals surface area contributed by atoms with Gasteiger partial charge in [-0.05, 0) is 34.9 Å². The van der Waals surface area contributed by atoms with Crippen LogP contribution in [0.2, 0.25) is 0 Å². The van der Waals surface area contributed by atoms with Crippen molar-refractivity contribution in [1.82, 2.24) is 0 Å². The van der Waals surface area contributed by atoms with E-state index in [0.717, 1.165) is 10.8 Å². The molecule has 1 N–H and O–H groups in total. The van der Waals surface area contributed by atoms with Gasteiger partial charge in [-0.1, -0.05) is 24.3 Å². The number of benzene rings is 2. The van der Waals surface area contributed by atoms with E-state index in [0.29, 0.717) is 11.3 Å². The minimum absolute atomic E-state index is 0.329. The molecule has 0 radical (unpaired) electrons. The second kappa shape index (κ2) is 4.87. The molecule has 1 atom stereocenters. The molecular formula is C14H14O3. The van der Waals surface area contributed by atoms with E-state index in [1.807, 2.05) is 6.07 Å². The molecule has 3 nitrogen and oxygen atoms in total. The molecule has 0 aromatic heterocycles. The summed E-state index contributed by atoms with van der Waals surface area (Å²) >= 11 is 0. The molecule has 0 fully saturated rings. The average molecular weight is 233 g/mol. The van der Waals surface area contributed by atoms with Gasteiger partial charge in [-0.2, -0.15) is 0 Å². The summed E-state index contributed by atoms with van der Waals surface area (Å²) in [6, 6.07) is 10.3. The Bertz CT molecular complexity index is 655. The van der Waals surface area contributed by atoms with Crippen LogP contribution in [0.25, 0.3) is 10.8 Å². The molecule has 0 spiro atoms. The molecule has 2 aromatic carbocycles. The van der Waals surface area contributed by atoms with Gasteiger partial charge in [0.25, 0.3) is 0 Å². The van der Waals surface area contributed by atoms with E-state index >= 15 is 0 Å². The number of methoxy groups -OCH3 is 1. The maximum Gasteiger partial charge on any atom is 0.303 e. The highest BCUT2D eigenvalue weighted by atomic mass is 16.5. The number of aryl methyl sites for hydroxylation is 1. The summed E-state index contributed by atoms with van der Waals surface area (Å²) in [6.45, 7) is 0. The molecule has 0 saturated carbocycles. The van der Waals surface area contributed by atoms with E-state index < -0.39 is 18.7 Å². The van der Waals surface area contributed by atoms with Crippen molar-refractivity contribution in [2.75, 3.05) is 7.11 Å². The fraction of sp³-hybridized carbons (Fsp3) is 0.214. The van der Waals surface area contributed by atoms with Crippen molar-refractivity contribution in [3.05, 3.63) is 42.0 Å². The third kappa shape index (κ3) is 2.75. The minimum Gasteiger partial charge on any atom is -0.497 e. The summed E-state index contributed by atoms with van der Waals surface area (Å²) in [7, 11) is 1.57. The number of rotatable bonds is 4. The van der Waals surface area contributed by atoms with Crippen LogP contribution < -0.4 is 4.74 Å². The second-order valence-electron chi connectivity index (χ2n) is 3.57. The normalized spacial score (nSPS) is 15.7. The summed E-state index contributed by atoms with van der Waals surface area (Å²) in [5.41, 5.74) is 0.329. The summed E-state index contributed by atoms with van der Waals surface area (Å²) in [5.74, 6) is -0.930. The van der Waals surface area contributed by atoms with E-state index in [-0.39, 0.29) is 0 Å². The van der Waals surface area contributed by atoms with Crippen molar-refractivity contribution in [3.8, 4) is 5.75 Å². The first-order valence-corrected chi connectivity index (χ1v) is 5.09. The molecule has 0 amide bonds. The minimum atomic E-state index is -2.62. The predicted octanol–water partition coefficient (Wildman–Crippen LogP) is 2.87. The lowest BCUT2D eigenvalue weighted by Gasteiger charge is -2.04. The molecule has 0 heterocycles. The zero-order valence-corrected chi connectivity index (χ0v) is 9.31. The lowest BCUT2D eigenvalue weighted by molar-refractivity contribution is -0.136. The maximum absolute atomic E-state index is 10.9.